The molecule has 1 aromatic heterocycles. The Hall–Kier alpha value is -2.50. The molecular formula is C17H23N5O. The lowest BCUT2D eigenvalue weighted by Gasteiger charge is -2.23. The quantitative estimate of drug-likeness (QED) is 0.913. The van der Waals surface area contributed by atoms with Gasteiger partial charge >= 0.3 is 0 Å². The fourth-order valence-corrected chi connectivity index (χ4v) is 2.98. The molecule has 0 saturated heterocycles. The second-order valence-corrected chi connectivity index (χ2v) is 5.94. The van der Waals surface area contributed by atoms with Crippen molar-refractivity contribution in [3.05, 3.63) is 35.7 Å². The normalized spacial score (nSPS) is 14.0. The topological polar surface area (TPSA) is 62.2 Å². The molecule has 2 N–H and O–H groups in total. The lowest BCUT2D eigenvalue weighted by molar-refractivity contribution is -0.115. The third-order valence-corrected chi connectivity index (χ3v) is 4.27. The number of carbonyl (C=O) groups is 1. The maximum atomic E-state index is 12.5. The highest BCUT2D eigenvalue weighted by Gasteiger charge is 2.19. The van der Waals surface area contributed by atoms with Crippen LogP contribution >= 0.6 is 0 Å². The van der Waals surface area contributed by atoms with Gasteiger partial charge in [0.2, 0.25) is 5.91 Å². The van der Waals surface area contributed by atoms with E-state index in [-0.39, 0.29) is 5.91 Å². The number of amides is 1. The summed E-state index contributed by atoms with van der Waals surface area (Å²) in [6, 6.07) is 8.13. The third-order valence-electron chi connectivity index (χ3n) is 4.27. The van der Waals surface area contributed by atoms with E-state index in [0.29, 0.717) is 6.54 Å². The van der Waals surface area contributed by atoms with Crippen molar-refractivity contribution in [3.63, 3.8) is 0 Å². The van der Waals surface area contributed by atoms with Crippen LogP contribution in [0.5, 0.6) is 0 Å². The molecule has 0 unspecified atom stereocenters. The molecule has 23 heavy (non-hydrogen) atoms. The highest BCUT2D eigenvalue weighted by atomic mass is 16.2. The molecule has 0 radical (unpaired) electrons. The number of aryl methyl sites for hydroxylation is 2. The Morgan fingerprint density at radius 2 is 2.13 bits per heavy atom. The number of benzene rings is 1. The maximum absolute atomic E-state index is 12.5. The first kappa shape index (κ1) is 15.4. The van der Waals surface area contributed by atoms with Gasteiger partial charge in [-0.05, 0) is 32.4 Å². The average molecular weight is 313 g/mol. The second-order valence-electron chi connectivity index (χ2n) is 5.94. The molecule has 1 aliphatic heterocycles. The van der Waals surface area contributed by atoms with Crippen molar-refractivity contribution in [1.29, 1.82) is 0 Å². The molecule has 0 spiro atoms. The van der Waals surface area contributed by atoms with E-state index >= 15 is 0 Å². The summed E-state index contributed by atoms with van der Waals surface area (Å²) in [4.78, 5) is 14.6. The molecule has 3 rings (SSSR count). The molecule has 6 heteroatoms. The first-order valence-corrected chi connectivity index (χ1v) is 7.94. The Balaban J connectivity index is 1.75. The summed E-state index contributed by atoms with van der Waals surface area (Å²) < 4.78 is 1.79. The van der Waals surface area contributed by atoms with Gasteiger partial charge in [-0.15, -0.1) is 0 Å². The van der Waals surface area contributed by atoms with Crippen LogP contribution in [-0.2, 0) is 11.8 Å². The summed E-state index contributed by atoms with van der Waals surface area (Å²) in [5, 5.41) is 10.8. The highest BCUT2D eigenvalue weighted by Crippen LogP contribution is 2.28. The maximum Gasteiger partial charge on any atom is 0.243 e. The van der Waals surface area contributed by atoms with Crippen LogP contribution in [-0.4, -0.2) is 35.3 Å². The van der Waals surface area contributed by atoms with Crippen LogP contribution in [0.15, 0.2) is 24.3 Å². The molecule has 2 heterocycles. The third kappa shape index (κ3) is 3.16. The SMILES string of the molecule is Cc1nn(C)c(C)c1NC(=O)CN1CCCNc2ccccc21. The van der Waals surface area contributed by atoms with Gasteiger partial charge in [0.1, 0.15) is 0 Å². The zero-order valence-corrected chi connectivity index (χ0v) is 13.9. The predicted molar refractivity (Wildman–Crippen MR) is 93.1 cm³/mol. The van der Waals surface area contributed by atoms with Crippen LogP contribution in [0.1, 0.15) is 17.8 Å². The Morgan fingerprint density at radius 3 is 2.87 bits per heavy atom. The van der Waals surface area contributed by atoms with Gasteiger partial charge in [0, 0.05) is 20.1 Å². The molecule has 0 bridgehead atoms. The lowest BCUT2D eigenvalue weighted by atomic mass is 10.2. The molecule has 0 aliphatic carbocycles. The van der Waals surface area contributed by atoms with Crippen molar-refractivity contribution < 1.29 is 4.79 Å². The monoisotopic (exact) mass is 313 g/mol. The van der Waals surface area contributed by atoms with Gasteiger partial charge < -0.3 is 15.5 Å². The molecule has 1 amide bonds. The standard InChI is InChI=1S/C17H23N5O/c1-12-17(13(2)21(3)20-12)19-16(23)11-22-10-6-9-18-14-7-4-5-8-15(14)22/h4-5,7-8,18H,6,9-11H2,1-3H3,(H,19,23). The van der Waals surface area contributed by atoms with Crippen LogP contribution in [0.25, 0.3) is 0 Å². The van der Waals surface area contributed by atoms with Gasteiger partial charge in [-0.3, -0.25) is 9.48 Å². The fraction of sp³-hybridized carbons (Fsp3) is 0.412. The molecule has 1 aliphatic rings. The number of nitrogens with zero attached hydrogens (tertiary/aromatic N) is 3. The minimum absolute atomic E-state index is 0.0131. The van der Waals surface area contributed by atoms with Gasteiger partial charge in [0.15, 0.2) is 0 Å². The first-order chi connectivity index (χ1) is 11.1. The van der Waals surface area contributed by atoms with Crippen molar-refractivity contribution >= 4 is 23.0 Å². The van der Waals surface area contributed by atoms with Crippen LogP contribution < -0.4 is 15.5 Å². The number of aromatic nitrogens is 2. The van der Waals surface area contributed by atoms with Crippen molar-refractivity contribution in [2.24, 2.45) is 7.05 Å². The molecule has 1 aromatic carbocycles. The number of hydrogen-bond donors (Lipinski definition) is 2. The van der Waals surface area contributed by atoms with E-state index in [1.165, 1.54) is 0 Å². The van der Waals surface area contributed by atoms with Gasteiger partial charge in [0.25, 0.3) is 0 Å². The van der Waals surface area contributed by atoms with E-state index in [4.69, 9.17) is 0 Å². The van der Waals surface area contributed by atoms with Crippen LogP contribution in [0.3, 0.4) is 0 Å². The second kappa shape index (κ2) is 6.32. The van der Waals surface area contributed by atoms with Gasteiger partial charge in [-0.1, -0.05) is 12.1 Å². The van der Waals surface area contributed by atoms with Crippen molar-refractivity contribution in [1.82, 2.24) is 9.78 Å². The minimum atomic E-state index is -0.0131. The zero-order chi connectivity index (χ0) is 16.4. The van der Waals surface area contributed by atoms with E-state index < -0.39 is 0 Å². The smallest absolute Gasteiger partial charge is 0.243 e. The van der Waals surface area contributed by atoms with Gasteiger partial charge in [0.05, 0.1) is 35.0 Å². The van der Waals surface area contributed by atoms with Crippen LogP contribution in [0.2, 0.25) is 0 Å². The lowest BCUT2D eigenvalue weighted by Crippen LogP contribution is -2.34. The Morgan fingerprint density at radius 1 is 1.35 bits per heavy atom. The highest BCUT2D eigenvalue weighted by molar-refractivity contribution is 5.95. The van der Waals surface area contributed by atoms with E-state index in [2.05, 4.69) is 32.8 Å². The molecule has 0 saturated carbocycles. The number of carbonyl (C=O) groups excluding carboxylic acids is 1. The summed E-state index contributed by atoms with van der Waals surface area (Å²) in [5.74, 6) is -0.0131. The number of para-hydroxylation sites is 2. The number of hydrogen-bond acceptors (Lipinski definition) is 4. The van der Waals surface area contributed by atoms with E-state index in [1.807, 2.05) is 33.0 Å². The summed E-state index contributed by atoms with van der Waals surface area (Å²) in [6.07, 6.45) is 1.01. The number of rotatable bonds is 3. The van der Waals surface area contributed by atoms with Gasteiger partial charge in [-0.25, -0.2) is 0 Å². The molecule has 6 nitrogen and oxygen atoms in total. The van der Waals surface area contributed by atoms with Crippen molar-refractivity contribution in [3.8, 4) is 0 Å². The van der Waals surface area contributed by atoms with Crippen LogP contribution in [0.4, 0.5) is 17.1 Å². The van der Waals surface area contributed by atoms with E-state index in [0.717, 1.165) is 48.0 Å². The molecule has 0 atom stereocenters. The summed E-state index contributed by atoms with van der Waals surface area (Å²) in [7, 11) is 1.88. The molecule has 0 fully saturated rings. The average Bonchev–Trinajstić information content (AvgIpc) is 2.70. The Bertz CT molecular complexity index is 722. The first-order valence-electron chi connectivity index (χ1n) is 7.94. The molecule has 2 aromatic rings. The number of fused-ring (bicyclic) bond motifs is 1. The predicted octanol–water partition coefficient (Wildman–Crippen LogP) is 2.30. The Kier molecular flexibility index (Phi) is 4.23. The van der Waals surface area contributed by atoms with Crippen molar-refractivity contribution in [2.45, 2.75) is 20.3 Å². The van der Waals surface area contributed by atoms with Gasteiger partial charge in [-0.2, -0.15) is 5.10 Å². The molecular weight excluding hydrogens is 290 g/mol. The van der Waals surface area contributed by atoms with E-state index in [1.54, 1.807) is 4.68 Å². The largest absolute Gasteiger partial charge is 0.383 e. The summed E-state index contributed by atoms with van der Waals surface area (Å²) in [5.41, 5.74) is 4.80. The molecule has 122 valence electrons. The Labute approximate surface area is 136 Å². The zero-order valence-electron chi connectivity index (χ0n) is 13.9. The fourth-order valence-electron chi connectivity index (χ4n) is 2.98. The summed E-state index contributed by atoms with van der Waals surface area (Å²) in [6.45, 7) is 6.00. The van der Waals surface area contributed by atoms with E-state index in [9.17, 15) is 4.79 Å². The minimum Gasteiger partial charge on any atom is -0.383 e. The summed E-state index contributed by atoms with van der Waals surface area (Å²) >= 11 is 0. The van der Waals surface area contributed by atoms with Crippen molar-refractivity contribution in [2.75, 3.05) is 35.2 Å². The number of nitrogens with one attached hydrogen (secondary N) is 2. The number of anilines is 3. The van der Waals surface area contributed by atoms with Crippen LogP contribution in [0, 0.1) is 13.8 Å².